The van der Waals surface area contributed by atoms with Crippen LogP contribution in [0.5, 0.6) is 0 Å². The fourth-order valence-corrected chi connectivity index (χ4v) is 2.25. The molecule has 2 rings (SSSR count). The number of aryl methyl sites for hydroxylation is 2. The normalized spacial score (nSPS) is 11.5. The molecule has 2 aromatic rings. The average molecular weight is 317 g/mol. The minimum absolute atomic E-state index is 0.230. The molecular formula is C17H24FN5. The number of nitrogens with zero attached hydrogens (tertiary/aromatic N) is 3. The lowest BCUT2D eigenvalue weighted by molar-refractivity contribution is 0.625. The number of guanidine groups is 1. The van der Waals surface area contributed by atoms with Gasteiger partial charge >= 0.3 is 0 Å². The first-order valence-electron chi connectivity index (χ1n) is 7.91. The molecule has 2 N–H and O–H groups in total. The topological polar surface area (TPSA) is 54.2 Å². The van der Waals surface area contributed by atoms with Crippen LogP contribution in [0.3, 0.4) is 0 Å². The lowest BCUT2D eigenvalue weighted by Crippen LogP contribution is -2.37. The summed E-state index contributed by atoms with van der Waals surface area (Å²) in [5.41, 5.74) is 2.09. The third-order valence-corrected chi connectivity index (χ3v) is 3.35. The summed E-state index contributed by atoms with van der Waals surface area (Å²) in [6, 6.07) is 6.53. The molecule has 0 unspecified atom stereocenters. The van der Waals surface area contributed by atoms with E-state index in [0.717, 1.165) is 37.5 Å². The zero-order chi connectivity index (χ0) is 16.5. The Morgan fingerprint density at radius 2 is 2.17 bits per heavy atom. The molecule has 0 atom stereocenters. The van der Waals surface area contributed by atoms with E-state index in [9.17, 15) is 4.39 Å². The Morgan fingerprint density at radius 3 is 2.87 bits per heavy atom. The van der Waals surface area contributed by atoms with E-state index in [2.05, 4.69) is 20.7 Å². The molecular weight excluding hydrogens is 293 g/mol. The highest BCUT2D eigenvalue weighted by molar-refractivity contribution is 5.79. The molecule has 0 spiro atoms. The molecule has 1 aromatic heterocycles. The molecule has 5 nitrogen and oxygen atoms in total. The summed E-state index contributed by atoms with van der Waals surface area (Å²) >= 11 is 0. The predicted molar refractivity (Wildman–Crippen MR) is 90.7 cm³/mol. The van der Waals surface area contributed by atoms with Crippen molar-refractivity contribution in [1.82, 2.24) is 20.4 Å². The van der Waals surface area contributed by atoms with Crippen LogP contribution in [-0.4, -0.2) is 28.8 Å². The van der Waals surface area contributed by atoms with E-state index in [4.69, 9.17) is 0 Å². The zero-order valence-corrected chi connectivity index (χ0v) is 13.7. The van der Waals surface area contributed by atoms with Crippen molar-refractivity contribution in [2.45, 2.75) is 26.3 Å². The Labute approximate surface area is 136 Å². The molecule has 0 aliphatic carbocycles. The number of hydrogen-bond acceptors (Lipinski definition) is 2. The maximum absolute atomic E-state index is 13.2. The predicted octanol–water partition coefficient (Wildman–Crippen LogP) is 2.25. The second-order valence-electron chi connectivity index (χ2n) is 5.38. The first kappa shape index (κ1) is 17.0. The van der Waals surface area contributed by atoms with Crippen molar-refractivity contribution in [3.63, 3.8) is 0 Å². The second kappa shape index (κ2) is 8.92. The van der Waals surface area contributed by atoms with Gasteiger partial charge in [-0.3, -0.25) is 4.68 Å². The van der Waals surface area contributed by atoms with Crippen LogP contribution in [0, 0.1) is 5.82 Å². The van der Waals surface area contributed by atoms with Gasteiger partial charge in [-0.05, 0) is 43.0 Å². The molecule has 0 aliphatic heterocycles. The van der Waals surface area contributed by atoms with Crippen LogP contribution < -0.4 is 10.6 Å². The Kier molecular flexibility index (Phi) is 6.59. The molecule has 0 radical (unpaired) electrons. The third-order valence-electron chi connectivity index (χ3n) is 3.35. The van der Waals surface area contributed by atoms with Gasteiger partial charge in [0, 0.05) is 26.3 Å². The van der Waals surface area contributed by atoms with Crippen LogP contribution in [-0.2, 0) is 20.0 Å². The lowest BCUT2D eigenvalue weighted by Gasteiger charge is -2.11. The van der Waals surface area contributed by atoms with Crippen molar-refractivity contribution in [1.29, 1.82) is 0 Å². The maximum Gasteiger partial charge on any atom is 0.191 e. The number of aromatic nitrogens is 2. The molecule has 124 valence electrons. The lowest BCUT2D eigenvalue weighted by atomic mass is 10.2. The van der Waals surface area contributed by atoms with Gasteiger partial charge in [-0.2, -0.15) is 5.10 Å². The van der Waals surface area contributed by atoms with Crippen molar-refractivity contribution >= 4 is 5.96 Å². The van der Waals surface area contributed by atoms with Crippen LogP contribution >= 0.6 is 0 Å². The van der Waals surface area contributed by atoms with E-state index in [1.165, 1.54) is 17.7 Å². The number of halogens is 1. The van der Waals surface area contributed by atoms with Crippen molar-refractivity contribution in [3.8, 4) is 0 Å². The molecule has 0 saturated carbocycles. The number of aliphatic imine (C=N–C) groups is 1. The Hall–Kier alpha value is -2.37. The standard InChI is InChI=1S/C17H24FN5/c1-3-19-17(21-11-14-6-4-8-16(18)10-14)20-9-5-7-15-12-22-23(2)13-15/h4,6,8,10,12-13H,3,5,7,9,11H2,1-2H3,(H2,19,20,21). The van der Waals surface area contributed by atoms with Crippen LogP contribution in [0.25, 0.3) is 0 Å². The van der Waals surface area contributed by atoms with Gasteiger partial charge in [-0.15, -0.1) is 0 Å². The molecule has 0 bridgehead atoms. The fraction of sp³-hybridized carbons (Fsp3) is 0.412. The van der Waals surface area contributed by atoms with Gasteiger partial charge < -0.3 is 10.6 Å². The maximum atomic E-state index is 13.2. The fourth-order valence-electron chi connectivity index (χ4n) is 2.25. The number of rotatable bonds is 7. The summed E-state index contributed by atoms with van der Waals surface area (Å²) < 4.78 is 15.0. The SMILES string of the molecule is CCNC(=NCc1cccc(F)c1)NCCCc1cnn(C)c1. The molecule has 0 aliphatic rings. The highest BCUT2D eigenvalue weighted by atomic mass is 19.1. The first-order chi connectivity index (χ1) is 11.2. The highest BCUT2D eigenvalue weighted by Crippen LogP contribution is 2.04. The van der Waals surface area contributed by atoms with E-state index in [1.807, 2.05) is 37.1 Å². The summed E-state index contributed by atoms with van der Waals surface area (Å²) in [6.07, 6.45) is 5.90. The first-order valence-corrected chi connectivity index (χ1v) is 7.91. The Morgan fingerprint density at radius 1 is 1.30 bits per heavy atom. The third kappa shape index (κ3) is 6.10. The van der Waals surface area contributed by atoms with Gasteiger partial charge in [0.2, 0.25) is 0 Å². The highest BCUT2D eigenvalue weighted by Gasteiger charge is 2.00. The molecule has 0 amide bonds. The molecule has 0 saturated heterocycles. The van der Waals surface area contributed by atoms with E-state index in [1.54, 1.807) is 6.07 Å². The smallest absolute Gasteiger partial charge is 0.191 e. The number of hydrogen-bond donors (Lipinski definition) is 2. The monoisotopic (exact) mass is 317 g/mol. The largest absolute Gasteiger partial charge is 0.357 e. The quantitative estimate of drug-likeness (QED) is 0.468. The van der Waals surface area contributed by atoms with Crippen molar-refractivity contribution in [2.24, 2.45) is 12.0 Å². The molecule has 1 heterocycles. The average Bonchev–Trinajstić information content (AvgIpc) is 2.94. The van der Waals surface area contributed by atoms with Gasteiger partial charge in [-0.1, -0.05) is 12.1 Å². The van der Waals surface area contributed by atoms with Gasteiger partial charge in [0.25, 0.3) is 0 Å². The van der Waals surface area contributed by atoms with Crippen LogP contribution in [0.2, 0.25) is 0 Å². The summed E-state index contributed by atoms with van der Waals surface area (Å²) in [5.74, 6) is 0.523. The number of nitrogens with one attached hydrogen (secondary N) is 2. The van der Waals surface area contributed by atoms with Gasteiger partial charge in [0.15, 0.2) is 5.96 Å². The van der Waals surface area contributed by atoms with E-state index < -0.39 is 0 Å². The van der Waals surface area contributed by atoms with E-state index >= 15 is 0 Å². The van der Waals surface area contributed by atoms with Crippen molar-refractivity contribution in [3.05, 3.63) is 53.6 Å². The Balaban J connectivity index is 1.79. The molecule has 6 heteroatoms. The molecule has 0 fully saturated rings. The van der Waals surface area contributed by atoms with Gasteiger partial charge in [0.1, 0.15) is 5.82 Å². The van der Waals surface area contributed by atoms with Gasteiger partial charge in [-0.25, -0.2) is 9.38 Å². The number of benzene rings is 1. The summed E-state index contributed by atoms with van der Waals surface area (Å²) in [4.78, 5) is 4.48. The van der Waals surface area contributed by atoms with E-state index in [-0.39, 0.29) is 5.82 Å². The molecule has 1 aromatic carbocycles. The summed E-state index contributed by atoms with van der Waals surface area (Å²) in [5, 5.41) is 10.7. The van der Waals surface area contributed by atoms with Crippen molar-refractivity contribution in [2.75, 3.05) is 13.1 Å². The molecule has 23 heavy (non-hydrogen) atoms. The van der Waals surface area contributed by atoms with Crippen LogP contribution in [0.1, 0.15) is 24.5 Å². The van der Waals surface area contributed by atoms with Crippen molar-refractivity contribution < 1.29 is 4.39 Å². The van der Waals surface area contributed by atoms with Gasteiger partial charge in [0.05, 0.1) is 12.7 Å². The zero-order valence-electron chi connectivity index (χ0n) is 13.7. The van der Waals surface area contributed by atoms with E-state index in [0.29, 0.717) is 6.54 Å². The second-order valence-corrected chi connectivity index (χ2v) is 5.38. The van der Waals surface area contributed by atoms with Crippen LogP contribution in [0.15, 0.2) is 41.7 Å². The minimum Gasteiger partial charge on any atom is -0.357 e. The summed E-state index contributed by atoms with van der Waals surface area (Å²) in [7, 11) is 1.92. The minimum atomic E-state index is -0.230. The Bertz CT molecular complexity index is 635. The van der Waals surface area contributed by atoms with Crippen LogP contribution in [0.4, 0.5) is 4.39 Å². The summed E-state index contributed by atoms with van der Waals surface area (Å²) in [6.45, 7) is 4.09.